The molecule has 3 nitrogen and oxygen atoms in total. The summed E-state index contributed by atoms with van der Waals surface area (Å²) in [6.07, 6.45) is -0.123. The molecule has 0 bridgehead atoms. The molecule has 3 aromatic carbocycles. The first kappa shape index (κ1) is 19.1. The van der Waals surface area contributed by atoms with Crippen molar-refractivity contribution >= 4 is 28.9 Å². The van der Waals surface area contributed by atoms with E-state index in [0.717, 1.165) is 45.7 Å². The molecule has 1 aliphatic rings. The van der Waals surface area contributed by atoms with Crippen LogP contribution >= 0.6 is 23.2 Å². The van der Waals surface area contributed by atoms with Crippen LogP contribution in [-0.4, -0.2) is 20.2 Å². The number of anilines is 1. The Morgan fingerprint density at radius 1 is 0.750 bits per heavy atom. The van der Waals surface area contributed by atoms with Crippen LogP contribution in [0.1, 0.15) is 23.3 Å². The first-order chi connectivity index (χ1) is 13.6. The third-order valence-corrected chi connectivity index (χ3v) is 5.53. The molecule has 1 saturated heterocycles. The lowest BCUT2D eigenvalue weighted by Gasteiger charge is -2.40. The SMILES string of the molecule is COc1ccc(N2C[C@@H](c3ccc(Cl)cc3)O[C@@H](c3ccc(Cl)cc3)C2)cc1. The summed E-state index contributed by atoms with van der Waals surface area (Å²) in [6.45, 7) is 1.52. The number of hydrogen-bond acceptors (Lipinski definition) is 3. The van der Waals surface area contributed by atoms with Crippen LogP contribution in [0.2, 0.25) is 10.0 Å². The van der Waals surface area contributed by atoms with Crippen molar-refractivity contribution in [2.45, 2.75) is 12.2 Å². The number of ether oxygens (including phenoxy) is 2. The predicted octanol–water partition coefficient (Wildman–Crippen LogP) is 6.32. The fraction of sp³-hybridized carbons (Fsp3) is 0.217. The molecule has 1 heterocycles. The second-order valence-corrected chi connectivity index (χ2v) is 7.69. The Morgan fingerprint density at radius 3 is 1.64 bits per heavy atom. The van der Waals surface area contributed by atoms with E-state index in [1.807, 2.05) is 60.7 Å². The molecule has 0 amide bonds. The zero-order valence-corrected chi connectivity index (χ0v) is 17.0. The second-order valence-electron chi connectivity index (χ2n) is 6.82. The monoisotopic (exact) mass is 413 g/mol. The van der Waals surface area contributed by atoms with Gasteiger partial charge in [-0.1, -0.05) is 47.5 Å². The lowest BCUT2D eigenvalue weighted by molar-refractivity contribution is -0.0293. The molecule has 144 valence electrons. The van der Waals surface area contributed by atoms with Gasteiger partial charge in [-0.15, -0.1) is 0 Å². The summed E-state index contributed by atoms with van der Waals surface area (Å²) in [5.74, 6) is 0.848. The molecule has 5 heteroatoms. The van der Waals surface area contributed by atoms with Crippen LogP contribution in [0.15, 0.2) is 72.8 Å². The van der Waals surface area contributed by atoms with E-state index in [0.29, 0.717) is 0 Å². The Hall–Kier alpha value is -2.20. The molecule has 0 spiro atoms. The Kier molecular flexibility index (Phi) is 5.77. The van der Waals surface area contributed by atoms with Gasteiger partial charge in [0.1, 0.15) is 18.0 Å². The molecule has 3 aromatic rings. The lowest BCUT2D eigenvalue weighted by Crippen LogP contribution is -2.40. The number of halogens is 2. The van der Waals surface area contributed by atoms with E-state index >= 15 is 0 Å². The molecule has 0 N–H and O–H groups in total. The summed E-state index contributed by atoms with van der Waals surface area (Å²) < 4.78 is 11.8. The summed E-state index contributed by atoms with van der Waals surface area (Å²) in [4.78, 5) is 2.35. The number of rotatable bonds is 4. The van der Waals surface area contributed by atoms with Gasteiger partial charge in [0, 0.05) is 28.8 Å². The average molecular weight is 414 g/mol. The van der Waals surface area contributed by atoms with Crippen molar-refractivity contribution in [1.29, 1.82) is 0 Å². The maximum Gasteiger partial charge on any atom is 0.119 e. The average Bonchev–Trinajstić information content (AvgIpc) is 2.74. The van der Waals surface area contributed by atoms with E-state index in [9.17, 15) is 0 Å². The van der Waals surface area contributed by atoms with E-state index < -0.39 is 0 Å². The topological polar surface area (TPSA) is 21.7 Å². The minimum Gasteiger partial charge on any atom is -0.497 e. The molecule has 1 fully saturated rings. The standard InChI is InChI=1S/C23H21Cl2NO2/c1-27-21-12-10-20(11-13-21)26-14-22(16-2-6-18(24)7-3-16)28-23(15-26)17-4-8-19(25)9-5-17/h2-13,22-23H,14-15H2,1H3/t22-,23+. The fourth-order valence-electron chi connectivity index (χ4n) is 3.49. The highest BCUT2D eigenvalue weighted by molar-refractivity contribution is 6.30. The molecule has 0 aliphatic carbocycles. The predicted molar refractivity (Wildman–Crippen MR) is 115 cm³/mol. The molecular weight excluding hydrogens is 393 g/mol. The van der Waals surface area contributed by atoms with E-state index in [1.165, 1.54) is 0 Å². The number of nitrogens with zero attached hydrogens (tertiary/aromatic N) is 1. The molecule has 0 radical (unpaired) electrons. The summed E-state index contributed by atoms with van der Waals surface area (Å²) in [6, 6.07) is 23.9. The van der Waals surface area contributed by atoms with Gasteiger partial charge in [0.15, 0.2) is 0 Å². The first-order valence-corrected chi connectivity index (χ1v) is 9.93. The van der Waals surface area contributed by atoms with Gasteiger partial charge in [-0.25, -0.2) is 0 Å². The Bertz CT molecular complexity index is 857. The highest BCUT2D eigenvalue weighted by atomic mass is 35.5. The van der Waals surface area contributed by atoms with E-state index in [1.54, 1.807) is 7.11 Å². The van der Waals surface area contributed by atoms with E-state index in [4.69, 9.17) is 32.7 Å². The van der Waals surface area contributed by atoms with Crippen molar-refractivity contribution in [3.63, 3.8) is 0 Å². The van der Waals surface area contributed by atoms with Gasteiger partial charge in [0.05, 0.1) is 7.11 Å². The maximum atomic E-state index is 6.48. The Balaban J connectivity index is 1.65. The van der Waals surface area contributed by atoms with Crippen molar-refractivity contribution in [3.8, 4) is 5.75 Å². The van der Waals surface area contributed by atoms with Crippen molar-refractivity contribution in [2.75, 3.05) is 25.1 Å². The van der Waals surface area contributed by atoms with Gasteiger partial charge in [-0.05, 0) is 59.7 Å². The minimum absolute atomic E-state index is 0.0613. The molecule has 4 rings (SSSR count). The Labute approximate surface area is 175 Å². The molecule has 0 unspecified atom stereocenters. The zero-order valence-electron chi connectivity index (χ0n) is 15.5. The summed E-state index contributed by atoms with van der Waals surface area (Å²) in [7, 11) is 1.68. The minimum atomic E-state index is -0.0613. The van der Waals surface area contributed by atoms with Crippen LogP contribution in [0.25, 0.3) is 0 Å². The Morgan fingerprint density at radius 2 is 1.21 bits per heavy atom. The van der Waals surface area contributed by atoms with Crippen molar-refractivity contribution in [3.05, 3.63) is 94.0 Å². The van der Waals surface area contributed by atoms with Crippen LogP contribution in [-0.2, 0) is 4.74 Å². The normalized spacial score (nSPS) is 19.5. The van der Waals surface area contributed by atoms with Crippen LogP contribution in [0.3, 0.4) is 0 Å². The summed E-state index contributed by atoms with van der Waals surface area (Å²) in [5, 5.41) is 1.45. The molecule has 1 aliphatic heterocycles. The van der Waals surface area contributed by atoms with E-state index in [2.05, 4.69) is 17.0 Å². The maximum absolute atomic E-state index is 6.48. The van der Waals surface area contributed by atoms with Crippen molar-refractivity contribution < 1.29 is 9.47 Å². The van der Waals surface area contributed by atoms with Crippen LogP contribution in [0.4, 0.5) is 5.69 Å². The summed E-state index contributed by atoms with van der Waals surface area (Å²) in [5.41, 5.74) is 3.37. The number of morpholine rings is 1. The second kappa shape index (κ2) is 8.44. The number of hydrogen-bond donors (Lipinski definition) is 0. The first-order valence-electron chi connectivity index (χ1n) is 9.18. The smallest absolute Gasteiger partial charge is 0.119 e. The van der Waals surface area contributed by atoms with Gasteiger partial charge in [-0.2, -0.15) is 0 Å². The number of benzene rings is 3. The largest absolute Gasteiger partial charge is 0.497 e. The molecule has 0 saturated carbocycles. The van der Waals surface area contributed by atoms with Crippen LogP contribution < -0.4 is 9.64 Å². The zero-order chi connectivity index (χ0) is 19.5. The van der Waals surface area contributed by atoms with Crippen LogP contribution in [0.5, 0.6) is 5.75 Å². The third kappa shape index (κ3) is 4.27. The van der Waals surface area contributed by atoms with Crippen molar-refractivity contribution in [1.82, 2.24) is 0 Å². The third-order valence-electron chi connectivity index (χ3n) is 5.02. The highest BCUT2D eigenvalue weighted by Gasteiger charge is 2.30. The molecule has 2 atom stereocenters. The van der Waals surface area contributed by atoms with Crippen molar-refractivity contribution in [2.24, 2.45) is 0 Å². The quantitative estimate of drug-likeness (QED) is 0.499. The lowest BCUT2D eigenvalue weighted by atomic mass is 10.0. The van der Waals surface area contributed by atoms with Crippen LogP contribution in [0, 0.1) is 0 Å². The van der Waals surface area contributed by atoms with Gasteiger partial charge in [0.2, 0.25) is 0 Å². The molecule has 0 aromatic heterocycles. The molecule has 28 heavy (non-hydrogen) atoms. The van der Waals surface area contributed by atoms with Gasteiger partial charge >= 0.3 is 0 Å². The highest BCUT2D eigenvalue weighted by Crippen LogP contribution is 2.36. The van der Waals surface area contributed by atoms with Gasteiger partial charge in [-0.3, -0.25) is 0 Å². The summed E-state index contributed by atoms with van der Waals surface area (Å²) >= 11 is 12.1. The van der Waals surface area contributed by atoms with Gasteiger partial charge in [0.25, 0.3) is 0 Å². The fourth-order valence-corrected chi connectivity index (χ4v) is 3.74. The van der Waals surface area contributed by atoms with Gasteiger partial charge < -0.3 is 14.4 Å². The number of methoxy groups -OCH3 is 1. The molecular formula is C23H21Cl2NO2. The van der Waals surface area contributed by atoms with E-state index in [-0.39, 0.29) is 12.2 Å².